The van der Waals surface area contributed by atoms with Gasteiger partial charge in [0.1, 0.15) is 0 Å². The zero-order valence-corrected chi connectivity index (χ0v) is 12.3. The van der Waals surface area contributed by atoms with Crippen LogP contribution in [-0.4, -0.2) is 0 Å². The van der Waals surface area contributed by atoms with Crippen molar-refractivity contribution in [3.63, 3.8) is 0 Å². The second-order valence-electron chi connectivity index (χ2n) is 4.45. The number of hydrogen-bond donors (Lipinski definition) is 1. The SMILES string of the molecule is Cc1cccc(NC(C)c2cccc(F)c2F)c1Br. The highest BCUT2D eigenvalue weighted by molar-refractivity contribution is 9.10. The smallest absolute Gasteiger partial charge is 0.164 e. The number of anilines is 1. The maximum atomic E-state index is 13.7. The summed E-state index contributed by atoms with van der Waals surface area (Å²) in [6.45, 7) is 3.77. The molecule has 2 aromatic rings. The third-order valence-electron chi connectivity index (χ3n) is 3.01. The zero-order chi connectivity index (χ0) is 14.0. The molecule has 0 aliphatic rings. The van der Waals surface area contributed by atoms with E-state index < -0.39 is 11.6 Å². The molecule has 1 nitrogen and oxygen atoms in total. The van der Waals surface area contributed by atoms with E-state index in [4.69, 9.17) is 0 Å². The third kappa shape index (κ3) is 2.95. The molecule has 19 heavy (non-hydrogen) atoms. The molecule has 1 unspecified atom stereocenters. The minimum absolute atomic E-state index is 0.313. The van der Waals surface area contributed by atoms with Crippen LogP contribution in [0.3, 0.4) is 0 Å². The fourth-order valence-corrected chi connectivity index (χ4v) is 2.30. The van der Waals surface area contributed by atoms with Gasteiger partial charge in [-0.25, -0.2) is 8.78 Å². The van der Waals surface area contributed by atoms with Crippen molar-refractivity contribution in [3.05, 3.63) is 63.6 Å². The van der Waals surface area contributed by atoms with E-state index in [1.165, 1.54) is 6.07 Å². The molecule has 2 rings (SSSR count). The summed E-state index contributed by atoms with van der Waals surface area (Å²) in [7, 11) is 0. The summed E-state index contributed by atoms with van der Waals surface area (Å²) in [6.07, 6.45) is 0. The van der Waals surface area contributed by atoms with Gasteiger partial charge in [-0.3, -0.25) is 0 Å². The van der Waals surface area contributed by atoms with Crippen LogP contribution >= 0.6 is 15.9 Å². The molecule has 0 heterocycles. The largest absolute Gasteiger partial charge is 0.377 e. The third-order valence-corrected chi connectivity index (χ3v) is 4.06. The molecule has 0 saturated heterocycles. The molecular formula is C15H14BrF2N. The first-order valence-electron chi connectivity index (χ1n) is 5.96. The standard InChI is InChI=1S/C15H14BrF2N/c1-9-5-3-8-13(14(9)16)19-10(2)11-6-4-7-12(17)15(11)18/h3-8,10,19H,1-2H3. The van der Waals surface area contributed by atoms with Crippen LogP contribution in [0.4, 0.5) is 14.5 Å². The summed E-state index contributed by atoms with van der Waals surface area (Å²) in [6, 6.07) is 9.67. The first kappa shape index (κ1) is 14.0. The fourth-order valence-electron chi connectivity index (χ4n) is 1.92. The first-order valence-corrected chi connectivity index (χ1v) is 6.75. The second-order valence-corrected chi connectivity index (χ2v) is 5.24. The lowest BCUT2D eigenvalue weighted by Crippen LogP contribution is -2.10. The number of rotatable bonds is 3. The summed E-state index contributed by atoms with van der Waals surface area (Å²) in [4.78, 5) is 0. The van der Waals surface area contributed by atoms with Crippen molar-refractivity contribution >= 4 is 21.6 Å². The number of benzene rings is 2. The fraction of sp³-hybridized carbons (Fsp3) is 0.200. The molecule has 0 fully saturated rings. The van der Waals surface area contributed by atoms with Crippen LogP contribution in [0, 0.1) is 18.6 Å². The van der Waals surface area contributed by atoms with Gasteiger partial charge in [-0.2, -0.15) is 0 Å². The van der Waals surface area contributed by atoms with Crippen molar-refractivity contribution in [2.24, 2.45) is 0 Å². The van der Waals surface area contributed by atoms with Crippen LogP contribution < -0.4 is 5.32 Å². The molecule has 0 aromatic heterocycles. The highest BCUT2D eigenvalue weighted by Crippen LogP contribution is 2.30. The van der Waals surface area contributed by atoms with E-state index in [9.17, 15) is 8.78 Å². The Balaban J connectivity index is 2.28. The average Bonchev–Trinajstić information content (AvgIpc) is 2.38. The molecule has 1 N–H and O–H groups in total. The van der Waals surface area contributed by atoms with Gasteiger partial charge in [-0.1, -0.05) is 24.3 Å². The van der Waals surface area contributed by atoms with Crippen molar-refractivity contribution < 1.29 is 8.78 Å². The van der Waals surface area contributed by atoms with E-state index in [-0.39, 0.29) is 6.04 Å². The molecule has 0 spiro atoms. The number of aryl methyl sites for hydroxylation is 1. The number of halogens is 3. The predicted molar refractivity (Wildman–Crippen MR) is 77.3 cm³/mol. The summed E-state index contributed by atoms with van der Waals surface area (Å²) >= 11 is 3.48. The predicted octanol–water partition coefficient (Wildman–Crippen LogP) is 5.21. The van der Waals surface area contributed by atoms with E-state index in [0.717, 1.165) is 21.8 Å². The van der Waals surface area contributed by atoms with Gasteiger partial charge in [0, 0.05) is 15.7 Å². The van der Waals surface area contributed by atoms with Gasteiger partial charge in [0.05, 0.1) is 6.04 Å². The lowest BCUT2D eigenvalue weighted by atomic mass is 10.1. The molecule has 0 aliphatic carbocycles. The van der Waals surface area contributed by atoms with Crippen molar-refractivity contribution in [2.45, 2.75) is 19.9 Å². The van der Waals surface area contributed by atoms with Crippen molar-refractivity contribution in [2.75, 3.05) is 5.32 Å². The van der Waals surface area contributed by atoms with E-state index in [1.54, 1.807) is 13.0 Å². The summed E-state index contributed by atoms with van der Waals surface area (Å²) < 4.78 is 27.8. The van der Waals surface area contributed by atoms with Gasteiger partial charge in [-0.15, -0.1) is 0 Å². The molecule has 0 aliphatic heterocycles. The lowest BCUT2D eigenvalue weighted by Gasteiger charge is -2.18. The maximum Gasteiger partial charge on any atom is 0.164 e. The topological polar surface area (TPSA) is 12.0 Å². The number of nitrogens with one attached hydrogen (secondary N) is 1. The van der Waals surface area contributed by atoms with Gasteiger partial charge in [0.2, 0.25) is 0 Å². The Morgan fingerprint density at radius 2 is 1.79 bits per heavy atom. The Bertz CT molecular complexity index is 599. The van der Waals surface area contributed by atoms with Crippen LogP contribution in [0.5, 0.6) is 0 Å². The Morgan fingerprint density at radius 1 is 1.11 bits per heavy atom. The molecule has 0 bridgehead atoms. The van der Waals surface area contributed by atoms with Gasteiger partial charge >= 0.3 is 0 Å². The molecule has 4 heteroatoms. The van der Waals surface area contributed by atoms with Crippen LogP contribution in [-0.2, 0) is 0 Å². The van der Waals surface area contributed by atoms with Crippen molar-refractivity contribution in [1.82, 2.24) is 0 Å². The zero-order valence-electron chi connectivity index (χ0n) is 10.7. The van der Waals surface area contributed by atoms with Gasteiger partial charge in [0.25, 0.3) is 0 Å². The van der Waals surface area contributed by atoms with Crippen LogP contribution in [0.25, 0.3) is 0 Å². The quantitative estimate of drug-likeness (QED) is 0.816. The normalized spacial score (nSPS) is 12.3. The van der Waals surface area contributed by atoms with E-state index in [2.05, 4.69) is 21.2 Å². The molecule has 0 amide bonds. The summed E-state index contributed by atoms with van der Waals surface area (Å²) in [5.41, 5.74) is 2.25. The minimum atomic E-state index is -0.825. The summed E-state index contributed by atoms with van der Waals surface area (Å²) in [5.74, 6) is -1.62. The molecule has 0 radical (unpaired) electrons. The molecule has 100 valence electrons. The van der Waals surface area contributed by atoms with E-state index >= 15 is 0 Å². The van der Waals surface area contributed by atoms with E-state index in [0.29, 0.717) is 5.56 Å². The van der Waals surface area contributed by atoms with Crippen molar-refractivity contribution in [1.29, 1.82) is 0 Å². The first-order chi connectivity index (χ1) is 9.00. The monoisotopic (exact) mass is 325 g/mol. The summed E-state index contributed by atoms with van der Waals surface area (Å²) in [5, 5.41) is 3.18. The molecule has 2 aromatic carbocycles. The van der Waals surface area contributed by atoms with Crippen LogP contribution in [0.2, 0.25) is 0 Å². The second kappa shape index (κ2) is 5.70. The number of hydrogen-bond acceptors (Lipinski definition) is 1. The Hall–Kier alpha value is -1.42. The average molecular weight is 326 g/mol. The Kier molecular flexibility index (Phi) is 4.20. The van der Waals surface area contributed by atoms with Gasteiger partial charge in [0.15, 0.2) is 11.6 Å². The van der Waals surface area contributed by atoms with Crippen LogP contribution in [0.15, 0.2) is 40.9 Å². The maximum absolute atomic E-state index is 13.7. The minimum Gasteiger partial charge on any atom is -0.377 e. The molecular weight excluding hydrogens is 312 g/mol. The Labute approximate surface area is 119 Å². The lowest BCUT2D eigenvalue weighted by molar-refractivity contribution is 0.494. The highest BCUT2D eigenvalue weighted by Gasteiger charge is 2.15. The van der Waals surface area contributed by atoms with E-state index in [1.807, 2.05) is 25.1 Å². The van der Waals surface area contributed by atoms with Crippen molar-refractivity contribution in [3.8, 4) is 0 Å². The highest BCUT2D eigenvalue weighted by atomic mass is 79.9. The molecule has 0 saturated carbocycles. The van der Waals surface area contributed by atoms with Gasteiger partial charge in [-0.05, 0) is 47.5 Å². The van der Waals surface area contributed by atoms with Crippen LogP contribution in [0.1, 0.15) is 24.1 Å². The Morgan fingerprint density at radius 3 is 2.53 bits per heavy atom. The van der Waals surface area contributed by atoms with Gasteiger partial charge < -0.3 is 5.32 Å². The molecule has 1 atom stereocenters.